The van der Waals surface area contributed by atoms with Gasteiger partial charge in [0.15, 0.2) is 5.75 Å². The van der Waals surface area contributed by atoms with Gasteiger partial charge in [0.2, 0.25) is 5.43 Å². The van der Waals surface area contributed by atoms with Crippen LogP contribution in [-0.2, 0) is 19.7 Å². The maximum atomic E-state index is 11.6. The normalized spacial score (nSPS) is 11.2. The molecule has 0 spiro atoms. The van der Waals surface area contributed by atoms with Gasteiger partial charge in [-0.3, -0.25) is 9.69 Å². The monoisotopic (exact) mass is 272 g/mol. The quantitative estimate of drug-likeness (QED) is 0.479. The van der Waals surface area contributed by atoms with E-state index in [1.54, 1.807) is 11.9 Å². The standard InChI is InChI=1S/C12H20N2O5/c1-13(2-4-15)7-10-12(19)11(18)6-9(8-17)14(10)3-5-16/h6,15-17,19H,2-5,7-8H2,1H3. The molecule has 0 saturated heterocycles. The van der Waals surface area contributed by atoms with E-state index in [4.69, 9.17) is 10.2 Å². The molecule has 0 fully saturated rings. The van der Waals surface area contributed by atoms with Crippen LogP contribution in [-0.4, -0.2) is 56.7 Å². The highest BCUT2D eigenvalue weighted by Crippen LogP contribution is 2.16. The van der Waals surface area contributed by atoms with Gasteiger partial charge in [-0.25, -0.2) is 0 Å². The van der Waals surface area contributed by atoms with Crippen molar-refractivity contribution in [3.8, 4) is 5.75 Å². The van der Waals surface area contributed by atoms with Crippen molar-refractivity contribution in [1.82, 2.24) is 9.47 Å². The summed E-state index contributed by atoms with van der Waals surface area (Å²) in [5, 5.41) is 37.0. The van der Waals surface area contributed by atoms with Gasteiger partial charge in [-0.1, -0.05) is 0 Å². The van der Waals surface area contributed by atoms with E-state index in [0.29, 0.717) is 17.9 Å². The number of hydrogen-bond acceptors (Lipinski definition) is 6. The van der Waals surface area contributed by atoms with Crippen molar-refractivity contribution >= 4 is 0 Å². The minimum absolute atomic E-state index is 0.0405. The van der Waals surface area contributed by atoms with Gasteiger partial charge in [-0.2, -0.15) is 0 Å². The van der Waals surface area contributed by atoms with Crippen molar-refractivity contribution in [2.45, 2.75) is 19.7 Å². The molecule has 0 atom stereocenters. The van der Waals surface area contributed by atoms with Gasteiger partial charge in [0, 0.05) is 31.4 Å². The molecule has 0 aromatic carbocycles. The highest BCUT2D eigenvalue weighted by atomic mass is 16.3. The number of rotatable bonds is 7. The number of pyridine rings is 1. The molecule has 0 aliphatic heterocycles. The fourth-order valence-corrected chi connectivity index (χ4v) is 1.92. The van der Waals surface area contributed by atoms with E-state index in [1.165, 1.54) is 4.57 Å². The van der Waals surface area contributed by atoms with Gasteiger partial charge in [0.05, 0.1) is 25.5 Å². The summed E-state index contributed by atoms with van der Waals surface area (Å²) in [5.41, 5.74) is 0.0939. The summed E-state index contributed by atoms with van der Waals surface area (Å²) >= 11 is 0. The molecule has 0 radical (unpaired) electrons. The molecule has 0 saturated carbocycles. The van der Waals surface area contributed by atoms with Gasteiger partial charge in [0.1, 0.15) is 0 Å². The summed E-state index contributed by atoms with van der Waals surface area (Å²) < 4.78 is 1.52. The summed E-state index contributed by atoms with van der Waals surface area (Å²) in [6.45, 7) is 0.219. The molecule has 19 heavy (non-hydrogen) atoms. The average Bonchev–Trinajstić information content (AvgIpc) is 2.38. The number of hydrogen-bond donors (Lipinski definition) is 4. The lowest BCUT2D eigenvalue weighted by Gasteiger charge is -2.22. The molecular formula is C12H20N2O5. The van der Waals surface area contributed by atoms with Crippen molar-refractivity contribution in [3.63, 3.8) is 0 Å². The third-order valence-corrected chi connectivity index (χ3v) is 2.86. The fourth-order valence-electron chi connectivity index (χ4n) is 1.92. The number of aliphatic hydroxyl groups excluding tert-OH is 3. The molecule has 7 heteroatoms. The van der Waals surface area contributed by atoms with Crippen LogP contribution in [0.4, 0.5) is 0 Å². The number of aromatic nitrogens is 1. The number of likely N-dealkylation sites (N-methyl/N-ethyl adjacent to an activating group) is 1. The predicted octanol–water partition coefficient (Wildman–Crippen LogP) is -1.54. The first kappa shape index (κ1) is 15.6. The van der Waals surface area contributed by atoms with E-state index in [9.17, 15) is 15.0 Å². The molecule has 0 aliphatic carbocycles. The SMILES string of the molecule is CN(CCO)Cc1c(O)c(=O)cc(CO)n1CCO. The van der Waals surface area contributed by atoms with Crippen LogP contribution in [0.2, 0.25) is 0 Å². The molecule has 0 amide bonds. The third-order valence-electron chi connectivity index (χ3n) is 2.86. The van der Waals surface area contributed by atoms with Gasteiger partial charge < -0.3 is 25.0 Å². The summed E-state index contributed by atoms with van der Waals surface area (Å²) in [4.78, 5) is 13.3. The van der Waals surface area contributed by atoms with E-state index in [-0.39, 0.29) is 32.9 Å². The molecule has 0 aliphatic rings. The topological polar surface area (TPSA) is 106 Å². The molecule has 1 heterocycles. The van der Waals surface area contributed by atoms with Crippen LogP contribution in [0.1, 0.15) is 11.4 Å². The second-order valence-electron chi connectivity index (χ2n) is 4.29. The van der Waals surface area contributed by atoms with Crippen molar-refractivity contribution in [2.24, 2.45) is 0 Å². The lowest BCUT2D eigenvalue weighted by atomic mass is 10.2. The van der Waals surface area contributed by atoms with E-state index >= 15 is 0 Å². The van der Waals surface area contributed by atoms with Crippen LogP contribution >= 0.6 is 0 Å². The first-order valence-electron chi connectivity index (χ1n) is 6.00. The number of nitrogens with zero attached hydrogens (tertiary/aromatic N) is 2. The van der Waals surface area contributed by atoms with Crippen molar-refractivity contribution < 1.29 is 20.4 Å². The molecule has 1 rings (SSSR count). The Balaban J connectivity index is 3.24. The van der Waals surface area contributed by atoms with Crippen molar-refractivity contribution in [3.05, 3.63) is 27.7 Å². The first-order valence-corrected chi connectivity index (χ1v) is 6.00. The molecule has 0 unspecified atom stereocenters. The highest BCUT2D eigenvalue weighted by Gasteiger charge is 2.15. The minimum Gasteiger partial charge on any atom is -0.503 e. The van der Waals surface area contributed by atoms with Crippen LogP contribution in [0.5, 0.6) is 5.75 Å². The Labute approximate surface area is 111 Å². The van der Waals surface area contributed by atoms with E-state index < -0.39 is 11.2 Å². The first-order chi connectivity index (χ1) is 9.04. The summed E-state index contributed by atoms with van der Waals surface area (Å²) in [6, 6.07) is 1.15. The largest absolute Gasteiger partial charge is 0.503 e. The Kier molecular flexibility index (Phi) is 5.97. The van der Waals surface area contributed by atoms with Crippen molar-refractivity contribution in [1.29, 1.82) is 0 Å². The minimum atomic E-state index is -0.564. The third kappa shape index (κ3) is 3.77. The second kappa shape index (κ2) is 7.25. The van der Waals surface area contributed by atoms with Crippen molar-refractivity contribution in [2.75, 3.05) is 26.8 Å². The van der Waals surface area contributed by atoms with E-state index in [0.717, 1.165) is 6.07 Å². The molecule has 1 aromatic heterocycles. The van der Waals surface area contributed by atoms with Gasteiger partial charge >= 0.3 is 0 Å². The number of aromatic hydroxyl groups is 1. The lowest BCUT2D eigenvalue weighted by molar-refractivity contribution is 0.206. The van der Waals surface area contributed by atoms with Crippen LogP contribution in [0.25, 0.3) is 0 Å². The van der Waals surface area contributed by atoms with E-state index in [1.807, 2.05) is 0 Å². The fraction of sp³-hybridized carbons (Fsp3) is 0.583. The Morgan fingerprint density at radius 3 is 2.47 bits per heavy atom. The Hall–Kier alpha value is -1.41. The van der Waals surface area contributed by atoms with Crippen LogP contribution in [0, 0.1) is 0 Å². The number of aliphatic hydroxyl groups is 3. The van der Waals surface area contributed by atoms with Gasteiger partial charge in [0.25, 0.3) is 0 Å². The zero-order valence-electron chi connectivity index (χ0n) is 10.9. The smallest absolute Gasteiger partial charge is 0.223 e. The zero-order valence-corrected chi connectivity index (χ0v) is 10.9. The molecular weight excluding hydrogens is 252 g/mol. The molecule has 4 N–H and O–H groups in total. The summed E-state index contributed by atoms with van der Waals surface area (Å²) in [6.07, 6.45) is 0. The Bertz CT molecular complexity index is 472. The van der Waals surface area contributed by atoms with Crippen LogP contribution < -0.4 is 5.43 Å². The van der Waals surface area contributed by atoms with Gasteiger partial charge in [-0.15, -0.1) is 0 Å². The maximum Gasteiger partial charge on any atom is 0.223 e. The molecule has 0 bridgehead atoms. The maximum absolute atomic E-state index is 11.6. The molecule has 108 valence electrons. The average molecular weight is 272 g/mol. The zero-order chi connectivity index (χ0) is 14.4. The summed E-state index contributed by atoms with van der Waals surface area (Å²) in [5.74, 6) is -0.393. The second-order valence-corrected chi connectivity index (χ2v) is 4.29. The predicted molar refractivity (Wildman–Crippen MR) is 68.8 cm³/mol. The van der Waals surface area contributed by atoms with Crippen LogP contribution in [0.3, 0.4) is 0 Å². The highest BCUT2D eigenvalue weighted by molar-refractivity contribution is 5.30. The molecule has 1 aromatic rings. The Morgan fingerprint density at radius 1 is 1.26 bits per heavy atom. The van der Waals surface area contributed by atoms with Crippen LogP contribution in [0.15, 0.2) is 10.9 Å². The Morgan fingerprint density at radius 2 is 1.95 bits per heavy atom. The van der Waals surface area contributed by atoms with Gasteiger partial charge in [-0.05, 0) is 7.05 Å². The summed E-state index contributed by atoms with van der Waals surface area (Å²) in [7, 11) is 1.73. The molecule has 7 nitrogen and oxygen atoms in total. The lowest BCUT2D eigenvalue weighted by Crippen LogP contribution is -2.27. The van der Waals surface area contributed by atoms with E-state index in [2.05, 4.69) is 0 Å².